The van der Waals surface area contributed by atoms with E-state index in [4.69, 9.17) is 0 Å². The maximum absolute atomic E-state index is 12.1. The summed E-state index contributed by atoms with van der Waals surface area (Å²) in [7, 11) is 0. The molecule has 2 nitrogen and oxygen atoms in total. The van der Waals surface area contributed by atoms with Crippen LogP contribution in [-0.4, -0.2) is 18.4 Å². The fourth-order valence-corrected chi connectivity index (χ4v) is 2.15. The van der Waals surface area contributed by atoms with Crippen LogP contribution in [0.15, 0.2) is 42.5 Å². The van der Waals surface area contributed by atoms with Gasteiger partial charge in [0.15, 0.2) is 5.78 Å². The van der Waals surface area contributed by atoms with Crippen LogP contribution < -0.4 is 5.32 Å². The number of fused-ring (bicyclic) bond motifs is 1. The van der Waals surface area contributed by atoms with Crippen molar-refractivity contribution in [3.63, 3.8) is 0 Å². The zero-order valence-corrected chi connectivity index (χ0v) is 11.6. The van der Waals surface area contributed by atoms with Crippen LogP contribution in [0.5, 0.6) is 0 Å². The molecule has 2 aromatic carbocycles. The Kier molecular flexibility index (Phi) is 4.69. The first-order valence-electron chi connectivity index (χ1n) is 6.92. The second-order valence-electron chi connectivity index (χ2n) is 5.20. The molecule has 0 bridgehead atoms. The number of hydrogen-bond acceptors (Lipinski definition) is 2. The van der Waals surface area contributed by atoms with Gasteiger partial charge in [0.1, 0.15) is 0 Å². The van der Waals surface area contributed by atoms with Gasteiger partial charge < -0.3 is 5.32 Å². The first-order chi connectivity index (χ1) is 9.16. The van der Waals surface area contributed by atoms with E-state index in [2.05, 4.69) is 25.2 Å². The number of ketones is 1. The van der Waals surface area contributed by atoms with E-state index in [9.17, 15) is 4.79 Å². The largest absolute Gasteiger partial charge is 0.315 e. The lowest BCUT2D eigenvalue weighted by atomic mass is 10.0. The number of Topliss-reactive ketones (excluding diaryl/α,β-unsaturated/α-hetero) is 1. The quantitative estimate of drug-likeness (QED) is 0.628. The number of carbonyl (C=O) groups is 1. The molecule has 0 spiro atoms. The third-order valence-electron chi connectivity index (χ3n) is 3.20. The highest BCUT2D eigenvalue weighted by Crippen LogP contribution is 2.17. The van der Waals surface area contributed by atoms with E-state index in [0.717, 1.165) is 23.9 Å². The van der Waals surface area contributed by atoms with Crippen LogP contribution in [0, 0.1) is 0 Å². The van der Waals surface area contributed by atoms with Gasteiger partial charge in [-0.15, -0.1) is 0 Å². The summed E-state index contributed by atoms with van der Waals surface area (Å²) in [6.45, 7) is 5.13. The first kappa shape index (κ1) is 13.8. The summed E-state index contributed by atoms with van der Waals surface area (Å²) in [6, 6.07) is 14.6. The Labute approximate surface area is 114 Å². The van der Waals surface area contributed by atoms with E-state index in [0.29, 0.717) is 12.5 Å². The molecule has 1 N–H and O–H groups in total. The van der Waals surface area contributed by atoms with Gasteiger partial charge in [-0.3, -0.25) is 4.79 Å². The Morgan fingerprint density at radius 2 is 1.84 bits per heavy atom. The van der Waals surface area contributed by atoms with E-state index in [1.54, 1.807) is 0 Å². The lowest BCUT2D eigenvalue weighted by Gasteiger charge is -2.07. The molecule has 0 saturated heterocycles. The van der Waals surface area contributed by atoms with Crippen LogP contribution >= 0.6 is 0 Å². The molecule has 0 aromatic heterocycles. The summed E-state index contributed by atoms with van der Waals surface area (Å²) in [5.41, 5.74) is 0.822. The van der Waals surface area contributed by atoms with Crippen molar-refractivity contribution in [1.82, 2.24) is 5.32 Å². The van der Waals surface area contributed by atoms with Crippen molar-refractivity contribution >= 4 is 16.6 Å². The van der Waals surface area contributed by atoms with Gasteiger partial charge in [-0.2, -0.15) is 0 Å². The predicted molar refractivity (Wildman–Crippen MR) is 80.7 cm³/mol. The fourth-order valence-electron chi connectivity index (χ4n) is 2.15. The predicted octanol–water partition coefficient (Wildman–Crippen LogP) is 3.80. The highest BCUT2D eigenvalue weighted by atomic mass is 16.1. The molecular weight excluding hydrogens is 234 g/mol. The highest BCUT2D eigenvalue weighted by molar-refractivity contribution is 5.99. The van der Waals surface area contributed by atoms with Gasteiger partial charge in [0.05, 0.1) is 0 Å². The Morgan fingerprint density at radius 1 is 1.11 bits per heavy atom. The number of carbonyl (C=O) groups excluding carboxylic acids is 1. The fraction of sp³-hybridized carbons (Fsp3) is 0.353. The van der Waals surface area contributed by atoms with Crippen LogP contribution in [0.2, 0.25) is 0 Å². The Bertz CT molecular complexity index is 560. The SMILES string of the molecule is CC(C)NCCCC(=O)c1ccc2ccccc2c1. The van der Waals surface area contributed by atoms with Crippen molar-refractivity contribution in [1.29, 1.82) is 0 Å². The maximum Gasteiger partial charge on any atom is 0.162 e. The molecule has 0 aliphatic rings. The standard InChI is InChI=1S/C17H21NO/c1-13(2)18-11-5-8-17(19)16-10-9-14-6-3-4-7-15(14)12-16/h3-4,6-7,9-10,12-13,18H,5,8,11H2,1-2H3. The number of benzene rings is 2. The van der Waals surface area contributed by atoms with Gasteiger partial charge in [-0.05, 0) is 29.8 Å². The molecule has 0 aliphatic heterocycles. The number of hydrogen-bond donors (Lipinski definition) is 1. The maximum atomic E-state index is 12.1. The van der Waals surface area contributed by atoms with Gasteiger partial charge in [-0.1, -0.05) is 50.2 Å². The molecule has 19 heavy (non-hydrogen) atoms. The molecule has 0 radical (unpaired) electrons. The Morgan fingerprint density at radius 3 is 2.58 bits per heavy atom. The van der Waals surface area contributed by atoms with Crippen molar-refractivity contribution in [2.75, 3.05) is 6.54 Å². The molecule has 100 valence electrons. The van der Waals surface area contributed by atoms with Crippen LogP contribution in [0.25, 0.3) is 10.8 Å². The molecule has 0 atom stereocenters. The summed E-state index contributed by atoms with van der Waals surface area (Å²) in [5.74, 6) is 0.233. The van der Waals surface area contributed by atoms with Gasteiger partial charge in [-0.25, -0.2) is 0 Å². The zero-order chi connectivity index (χ0) is 13.7. The summed E-state index contributed by atoms with van der Waals surface area (Å²) >= 11 is 0. The molecule has 2 heteroatoms. The molecule has 0 unspecified atom stereocenters. The van der Waals surface area contributed by atoms with Gasteiger partial charge >= 0.3 is 0 Å². The highest BCUT2D eigenvalue weighted by Gasteiger charge is 2.06. The van der Waals surface area contributed by atoms with Crippen molar-refractivity contribution in [2.45, 2.75) is 32.7 Å². The van der Waals surface area contributed by atoms with E-state index in [1.807, 2.05) is 36.4 Å². The minimum atomic E-state index is 0.233. The second kappa shape index (κ2) is 6.48. The molecule has 2 aromatic rings. The monoisotopic (exact) mass is 255 g/mol. The van der Waals surface area contributed by atoms with Crippen LogP contribution in [-0.2, 0) is 0 Å². The third-order valence-corrected chi connectivity index (χ3v) is 3.20. The van der Waals surface area contributed by atoms with Crippen LogP contribution in [0.4, 0.5) is 0 Å². The second-order valence-corrected chi connectivity index (χ2v) is 5.20. The summed E-state index contributed by atoms with van der Waals surface area (Å²) < 4.78 is 0. The average molecular weight is 255 g/mol. The molecular formula is C17H21NO. The van der Waals surface area contributed by atoms with Crippen LogP contribution in [0.3, 0.4) is 0 Å². The minimum Gasteiger partial charge on any atom is -0.315 e. The van der Waals surface area contributed by atoms with Gasteiger partial charge in [0, 0.05) is 18.0 Å². The third kappa shape index (κ3) is 3.90. The van der Waals surface area contributed by atoms with Crippen molar-refractivity contribution < 1.29 is 4.79 Å². The average Bonchev–Trinajstić information content (AvgIpc) is 2.42. The normalized spacial score (nSPS) is 11.1. The van der Waals surface area contributed by atoms with Crippen molar-refractivity contribution in [3.8, 4) is 0 Å². The molecule has 0 aliphatic carbocycles. The molecule has 0 fully saturated rings. The lowest BCUT2D eigenvalue weighted by Crippen LogP contribution is -2.24. The van der Waals surface area contributed by atoms with Crippen LogP contribution in [0.1, 0.15) is 37.0 Å². The van der Waals surface area contributed by atoms with E-state index >= 15 is 0 Å². The van der Waals surface area contributed by atoms with Gasteiger partial charge in [0.2, 0.25) is 0 Å². The first-order valence-corrected chi connectivity index (χ1v) is 6.92. The molecule has 0 saturated carbocycles. The number of rotatable bonds is 6. The van der Waals surface area contributed by atoms with Crippen molar-refractivity contribution in [3.05, 3.63) is 48.0 Å². The number of nitrogens with one attached hydrogen (secondary N) is 1. The Balaban J connectivity index is 1.97. The Hall–Kier alpha value is -1.67. The van der Waals surface area contributed by atoms with E-state index in [1.165, 1.54) is 5.39 Å². The van der Waals surface area contributed by atoms with E-state index in [-0.39, 0.29) is 5.78 Å². The zero-order valence-electron chi connectivity index (χ0n) is 11.6. The molecule has 0 heterocycles. The van der Waals surface area contributed by atoms with Crippen molar-refractivity contribution in [2.24, 2.45) is 0 Å². The minimum absolute atomic E-state index is 0.233. The molecule has 0 amide bonds. The smallest absolute Gasteiger partial charge is 0.162 e. The summed E-state index contributed by atoms with van der Waals surface area (Å²) in [5, 5.41) is 5.64. The topological polar surface area (TPSA) is 29.1 Å². The van der Waals surface area contributed by atoms with Gasteiger partial charge in [0.25, 0.3) is 0 Å². The van der Waals surface area contributed by atoms with E-state index < -0.39 is 0 Å². The lowest BCUT2D eigenvalue weighted by molar-refractivity contribution is 0.0980. The molecule has 2 rings (SSSR count). The summed E-state index contributed by atoms with van der Waals surface area (Å²) in [6.07, 6.45) is 1.50. The summed E-state index contributed by atoms with van der Waals surface area (Å²) in [4.78, 5) is 12.1.